The third-order valence-electron chi connectivity index (χ3n) is 8.80. The molecule has 2 aromatic rings. The number of esters is 1. The molecule has 7 rings (SSSR count). The van der Waals surface area contributed by atoms with Gasteiger partial charge >= 0.3 is 5.97 Å². The summed E-state index contributed by atoms with van der Waals surface area (Å²) in [7, 11) is 0. The summed E-state index contributed by atoms with van der Waals surface area (Å²) in [6.45, 7) is 1.85. The van der Waals surface area contributed by atoms with E-state index in [1.807, 2.05) is 24.3 Å². The van der Waals surface area contributed by atoms with Gasteiger partial charge < -0.3 is 14.6 Å². The minimum Gasteiger partial charge on any atom is -0.504 e. The summed E-state index contributed by atoms with van der Waals surface area (Å²) < 4.78 is 12.9. The standard InChI is InChI=1S/C27H27NO5.ClH/c29-19-9-8-18-14-21-27(33-25(31)17-4-2-1-3-5-17)11-10-20(30)24-26(27,22(18)23(19)32-24)12-13-28(21)15-16-6-7-16;/h1-5,8-9,16,21,24,29H,6-7,10-15H2;1H/t21-,24+,26+,27-;/m1./s1. The molecule has 6 nitrogen and oxygen atoms in total. The Bertz CT molecular complexity index is 1180. The second kappa shape index (κ2) is 7.46. The maximum atomic E-state index is 13.5. The Labute approximate surface area is 204 Å². The Hall–Kier alpha value is -2.57. The van der Waals surface area contributed by atoms with Gasteiger partial charge in [0.25, 0.3) is 0 Å². The molecule has 2 heterocycles. The second-order valence-electron chi connectivity index (χ2n) is 10.4. The van der Waals surface area contributed by atoms with Gasteiger partial charge in [-0.15, -0.1) is 12.4 Å². The molecule has 0 unspecified atom stereocenters. The van der Waals surface area contributed by atoms with E-state index in [2.05, 4.69) is 4.90 Å². The normalized spacial score (nSPS) is 32.9. The summed E-state index contributed by atoms with van der Waals surface area (Å²) in [5, 5.41) is 10.7. The van der Waals surface area contributed by atoms with Gasteiger partial charge in [0.15, 0.2) is 23.4 Å². The molecule has 2 aromatic carbocycles. The number of halogens is 1. The zero-order valence-electron chi connectivity index (χ0n) is 18.9. The first-order chi connectivity index (χ1) is 16.0. The molecule has 7 heteroatoms. The number of phenolic OH excluding ortho intramolecular Hbond substituents is 1. The Balaban J connectivity index is 0.00000217. The van der Waals surface area contributed by atoms with Gasteiger partial charge in [0.2, 0.25) is 0 Å². The number of phenols is 1. The summed E-state index contributed by atoms with van der Waals surface area (Å²) in [6.07, 6.45) is 4.00. The fraction of sp³-hybridized carbons (Fsp3) is 0.481. The van der Waals surface area contributed by atoms with E-state index in [0.29, 0.717) is 36.5 Å². The average molecular weight is 482 g/mol. The number of hydrogen-bond acceptors (Lipinski definition) is 6. The predicted molar refractivity (Wildman–Crippen MR) is 127 cm³/mol. The van der Waals surface area contributed by atoms with Gasteiger partial charge in [-0.05, 0) is 68.3 Å². The molecule has 2 saturated carbocycles. The number of likely N-dealkylation sites (tertiary alicyclic amines) is 1. The van der Waals surface area contributed by atoms with Crippen molar-refractivity contribution in [2.24, 2.45) is 5.92 Å². The van der Waals surface area contributed by atoms with E-state index in [-0.39, 0.29) is 36.0 Å². The molecule has 3 fully saturated rings. The summed E-state index contributed by atoms with van der Waals surface area (Å²) in [5.41, 5.74) is 0.918. The third kappa shape index (κ3) is 2.73. The second-order valence-corrected chi connectivity index (χ2v) is 10.4. The highest BCUT2D eigenvalue weighted by atomic mass is 35.5. The van der Waals surface area contributed by atoms with E-state index in [4.69, 9.17) is 9.47 Å². The number of carbonyl (C=O) groups excluding carboxylic acids is 2. The van der Waals surface area contributed by atoms with Crippen LogP contribution in [0.5, 0.6) is 11.5 Å². The van der Waals surface area contributed by atoms with Crippen molar-refractivity contribution in [3.8, 4) is 11.5 Å². The van der Waals surface area contributed by atoms with Crippen LogP contribution in [0.25, 0.3) is 0 Å². The number of piperidine rings is 1. The lowest BCUT2D eigenvalue weighted by Gasteiger charge is -2.63. The molecular formula is C27H28ClNO5. The number of Topliss-reactive ketones (excluding diaryl/α,β-unsaturated/α-hetero) is 1. The Morgan fingerprint density at radius 3 is 2.71 bits per heavy atom. The number of hydrogen-bond donors (Lipinski definition) is 1. The van der Waals surface area contributed by atoms with Crippen molar-refractivity contribution in [1.82, 2.24) is 4.90 Å². The average Bonchev–Trinajstić information content (AvgIpc) is 3.57. The van der Waals surface area contributed by atoms with Crippen molar-refractivity contribution in [3.63, 3.8) is 0 Å². The number of nitrogens with zero attached hydrogens (tertiary/aromatic N) is 1. The van der Waals surface area contributed by atoms with Crippen LogP contribution < -0.4 is 4.74 Å². The van der Waals surface area contributed by atoms with E-state index in [1.165, 1.54) is 12.8 Å². The number of rotatable bonds is 4. The van der Waals surface area contributed by atoms with Crippen LogP contribution in [-0.2, 0) is 21.4 Å². The zero-order chi connectivity index (χ0) is 22.4. The van der Waals surface area contributed by atoms with Crippen molar-refractivity contribution in [2.75, 3.05) is 13.1 Å². The van der Waals surface area contributed by atoms with Crippen LogP contribution in [0, 0.1) is 5.92 Å². The molecule has 34 heavy (non-hydrogen) atoms. The molecule has 4 atom stereocenters. The van der Waals surface area contributed by atoms with Crippen molar-refractivity contribution < 1.29 is 24.2 Å². The predicted octanol–water partition coefficient (Wildman–Crippen LogP) is 3.81. The molecule has 3 aliphatic carbocycles. The van der Waals surface area contributed by atoms with Crippen molar-refractivity contribution in [2.45, 2.75) is 61.7 Å². The Morgan fingerprint density at radius 2 is 1.94 bits per heavy atom. The first kappa shape index (κ1) is 21.9. The summed E-state index contributed by atoms with van der Waals surface area (Å²) in [4.78, 5) is 29.3. The number of benzene rings is 2. The number of aromatic hydroxyl groups is 1. The van der Waals surface area contributed by atoms with Crippen molar-refractivity contribution in [1.29, 1.82) is 0 Å². The van der Waals surface area contributed by atoms with Crippen LogP contribution >= 0.6 is 12.4 Å². The number of ether oxygens (including phenoxy) is 2. The van der Waals surface area contributed by atoms with Crippen LogP contribution in [0.15, 0.2) is 42.5 Å². The highest BCUT2D eigenvalue weighted by molar-refractivity contribution is 5.92. The van der Waals surface area contributed by atoms with Crippen molar-refractivity contribution in [3.05, 3.63) is 59.2 Å². The van der Waals surface area contributed by atoms with Gasteiger partial charge in [0.1, 0.15) is 5.60 Å². The van der Waals surface area contributed by atoms with E-state index in [9.17, 15) is 14.7 Å². The minimum atomic E-state index is -0.863. The van der Waals surface area contributed by atoms with Crippen LogP contribution in [0.1, 0.15) is 53.6 Å². The smallest absolute Gasteiger partial charge is 0.338 e. The zero-order valence-corrected chi connectivity index (χ0v) is 19.7. The molecule has 5 aliphatic rings. The molecule has 0 radical (unpaired) electrons. The molecular weight excluding hydrogens is 454 g/mol. The molecule has 2 bridgehead atoms. The largest absolute Gasteiger partial charge is 0.504 e. The molecule has 1 spiro atoms. The van der Waals surface area contributed by atoms with Gasteiger partial charge in [0.05, 0.1) is 17.0 Å². The van der Waals surface area contributed by atoms with Crippen LogP contribution in [0.3, 0.4) is 0 Å². The fourth-order valence-electron chi connectivity index (χ4n) is 7.24. The van der Waals surface area contributed by atoms with Gasteiger partial charge in [-0.2, -0.15) is 0 Å². The quantitative estimate of drug-likeness (QED) is 0.669. The van der Waals surface area contributed by atoms with Gasteiger partial charge in [-0.3, -0.25) is 9.69 Å². The van der Waals surface area contributed by atoms with E-state index in [0.717, 1.165) is 30.6 Å². The van der Waals surface area contributed by atoms with Crippen LogP contribution in [0.4, 0.5) is 0 Å². The lowest BCUT2D eigenvalue weighted by molar-refractivity contribution is -0.190. The topological polar surface area (TPSA) is 76.1 Å². The molecule has 2 aliphatic heterocycles. The Morgan fingerprint density at radius 1 is 1.15 bits per heavy atom. The number of ketones is 1. The third-order valence-corrected chi connectivity index (χ3v) is 8.80. The Kier molecular flexibility index (Phi) is 4.81. The van der Waals surface area contributed by atoms with E-state index < -0.39 is 17.1 Å². The summed E-state index contributed by atoms with van der Waals surface area (Å²) in [6, 6.07) is 12.7. The maximum absolute atomic E-state index is 13.5. The molecule has 1 N–H and O–H groups in total. The van der Waals surface area contributed by atoms with Crippen LogP contribution in [0.2, 0.25) is 0 Å². The molecule has 0 aromatic heterocycles. The monoisotopic (exact) mass is 481 g/mol. The lowest BCUT2D eigenvalue weighted by Crippen LogP contribution is -2.77. The van der Waals surface area contributed by atoms with E-state index >= 15 is 0 Å². The van der Waals surface area contributed by atoms with E-state index in [1.54, 1.807) is 18.2 Å². The summed E-state index contributed by atoms with van der Waals surface area (Å²) >= 11 is 0. The molecule has 0 amide bonds. The highest BCUT2D eigenvalue weighted by Gasteiger charge is 2.75. The van der Waals surface area contributed by atoms with Crippen molar-refractivity contribution >= 4 is 24.2 Å². The highest BCUT2D eigenvalue weighted by Crippen LogP contribution is 2.66. The fourth-order valence-corrected chi connectivity index (χ4v) is 7.24. The minimum absolute atomic E-state index is 0. The first-order valence-electron chi connectivity index (χ1n) is 12.1. The van der Waals surface area contributed by atoms with Gasteiger partial charge in [0, 0.05) is 18.5 Å². The van der Waals surface area contributed by atoms with Gasteiger partial charge in [-0.1, -0.05) is 24.3 Å². The van der Waals surface area contributed by atoms with Crippen LogP contribution in [-0.4, -0.2) is 52.6 Å². The SMILES string of the molecule is Cl.O=C(O[C@@]12CCC(=O)[C@@H]3Oc4c(O)ccc5c4[C@@]31CCN(CC1CC1)[C@@H]2C5)c1ccccc1. The molecule has 1 saturated heterocycles. The maximum Gasteiger partial charge on any atom is 0.338 e. The summed E-state index contributed by atoms with van der Waals surface area (Å²) in [5.74, 6) is 0.880. The first-order valence-corrected chi connectivity index (χ1v) is 12.1. The number of carbonyl (C=O) groups is 2. The lowest BCUT2D eigenvalue weighted by atomic mass is 9.48. The van der Waals surface area contributed by atoms with Gasteiger partial charge in [-0.25, -0.2) is 4.79 Å². The molecule has 178 valence electrons.